The van der Waals surface area contributed by atoms with Crippen molar-refractivity contribution in [2.45, 2.75) is 19.4 Å². The summed E-state index contributed by atoms with van der Waals surface area (Å²) in [4.78, 5) is 24.0. The van der Waals surface area contributed by atoms with Gasteiger partial charge in [-0.15, -0.1) is 0 Å². The number of rotatable bonds is 3. The first-order valence-electron chi connectivity index (χ1n) is 7.30. The van der Waals surface area contributed by atoms with Crippen LogP contribution >= 0.6 is 0 Å². The minimum absolute atomic E-state index is 0.00890. The second-order valence-corrected chi connectivity index (χ2v) is 5.28. The monoisotopic (exact) mass is 292 g/mol. The molecule has 3 heterocycles. The summed E-state index contributed by atoms with van der Waals surface area (Å²) in [5.41, 5.74) is 0. The maximum absolute atomic E-state index is 11.4. The number of nitrogens with zero attached hydrogens (tertiary/aromatic N) is 4. The van der Waals surface area contributed by atoms with Crippen LogP contribution in [0.5, 0.6) is 5.88 Å². The van der Waals surface area contributed by atoms with Crippen molar-refractivity contribution in [2.75, 3.05) is 44.3 Å². The van der Waals surface area contributed by atoms with Crippen LogP contribution in [-0.2, 0) is 9.53 Å². The molecule has 1 amide bonds. The zero-order valence-corrected chi connectivity index (χ0v) is 12.2. The van der Waals surface area contributed by atoms with Crippen molar-refractivity contribution in [3.8, 4) is 5.88 Å². The molecule has 1 unspecified atom stereocenters. The fourth-order valence-corrected chi connectivity index (χ4v) is 2.66. The number of aromatic nitrogens is 2. The van der Waals surface area contributed by atoms with E-state index in [1.807, 2.05) is 0 Å². The molecule has 1 aromatic heterocycles. The lowest BCUT2D eigenvalue weighted by atomic mass is 10.3. The molecular formula is C14H20N4O3. The molecule has 21 heavy (non-hydrogen) atoms. The summed E-state index contributed by atoms with van der Waals surface area (Å²) in [6.45, 7) is 5.92. The molecule has 0 bridgehead atoms. The van der Waals surface area contributed by atoms with Crippen molar-refractivity contribution in [1.82, 2.24) is 14.9 Å². The Morgan fingerprint density at radius 1 is 1.29 bits per heavy atom. The van der Waals surface area contributed by atoms with Crippen LogP contribution in [0.25, 0.3) is 0 Å². The molecule has 0 aliphatic carbocycles. The number of amides is 1. The van der Waals surface area contributed by atoms with Crippen molar-refractivity contribution >= 4 is 11.7 Å². The number of anilines is 1. The van der Waals surface area contributed by atoms with E-state index in [9.17, 15) is 4.79 Å². The summed E-state index contributed by atoms with van der Waals surface area (Å²) in [6, 6.07) is 0. The van der Waals surface area contributed by atoms with Gasteiger partial charge in [0.25, 0.3) is 5.88 Å². The van der Waals surface area contributed by atoms with Crippen LogP contribution in [0.1, 0.15) is 13.3 Å². The molecule has 2 fully saturated rings. The lowest BCUT2D eigenvalue weighted by Gasteiger charge is -2.29. The van der Waals surface area contributed by atoms with Crippen LogP contribution in [0, 0.1) is 0 Å². The highest BCUT2D eigenvalue weighted by Gasteiger charge is 2.28. The van der Waals surface area contributed by atoms with Gasteiger partial charge in [-0.3, -0.25) is 4.79 Å². The Hall–Kier alpha value is -1.89. The number of carbonyl (C=O) groups excluding carboxylic acids is 1. The summed E-state index contributed by atoms with van der Waals surface area (Å²) in [7, 11) is 0. The maximum atomic E-state index is 11.4. The van der Waals surface area contributed by atoms with Gasteiger partial charge in [0, 0.05) is 45.4 Å². The summed E-state index contributed by atoms with van der Waals surface area (Å²) < 4.78 is 11.4. The van der Waals surface area contributed by atoms with E-state index in [1.54, 1.807) is 24.2 Å². The van der Waals surface area contributed by atoms with Crippen molar-refractivity contribution in [2.24, 2.45) is 0 Å². The van der Waals surface area contributed by atoms with Gasteiger partial charge in [0.05, 0.1) is 19.8 Å². The Balaban J connectivity index is 1.69. The van der Waals surface area contributed by atoms with Crippen LogP contribution < -0.4 is 9.64 Å². The number of hydrogen-bond donors (Lipinski definition) is 0. The molecule has 114 valence electrons. The van der Waals surface area contributed by atoms with Gasteiger partial charge < -0.3 is 19.3 Å². The van der Waals surface area contributed by atoms with Crippen LogP contribution in [0.2, 0.25) is 0 Å². The van der Waals surface area contributed by atoms with Crippen LogP contribution in [0.3, 0.4) is 0 Å². The van der Waals surface area contributed by atoms with E-state index in [-0.39, 0.29) is 12.0 Å². The predicted octanol–water partition coefficient (Wildman–Crippen LogP) is 0.313. The molecular weight excluding hydrogens is 272 g/mol. The molecule has 0 aromatic carbocycles. The van der Waals surface area contributed by atoms with Gasteiger partial charge in [-0.1, -0.05) is 0 Å². The molecule has 1 atom stereocenters. The molecule has 0 saturated carbocycles. The third kappa shape index (κ3) is 3.24. The number of likely N-dealkylation sites (tertiary alicyclic amines) is 1. The van der Waals surface area contributed by atoms with E-state index in [0.717, 1.165) is 31.9 Å². The molecule has 0 spiro atoms. The topological polar surface area (TPSA) is 67.8 Å². The largest absolute Gasteiger partial charge is 0.470 e. The fraction of sp³-hybridized carbons (Fsp3) is 0.643. The molecule has 2 aliphatic rings. The Bertz CT molecular complexity index is 505. The van der Waals surface area contributed by atoms with Gasteiger partial charge in [0.2, 0.25) is 5.91 Å². The molecule has 7 heteroatoms. The van der Waals surface area contributed by atoms with Gasteiger partial charge in [-0.05, 0) is 0 Å². The average Bonchev–Trinajstić information content (AvgIpc) is 2.98. The number of hydrogen-bond acceptors (Lipinski definition) is 6. The van der Waals surface area contributed by atoms with Gasteiger partial charge in [0.1, 0.15) is 6.10 Å². The van der Waals surface area contributed by atoms with E-state index >= 15 is 0 Å². The summed E-state index contributed by atoms with van der Waals surface area (Å²) in [5.74, 6) is 1.41. The Morgan fingerprint density at radius 2 is 2.05 bits per heavy atom. The van der Waals surface area contributed by atoms with Crippen LogP contribution in [0.15, 0.2) is 12.4 Å². The lowest BCUT2D eigenvalue weighted by molar-refractivity contribution is -0.128. The summed E-state index contributed by atoms with van der Waals surface area (Å²) >= 11 is 0. The summed E-state index contributed by atoms with van der Waals surface area (Å²) in [5, 5.41) is 0. The standard InChI is InChI=1S/C14H20N4O3/c1-11(19)18-5-2-12(10-18)21-14-13(15-3-4-16-14)17-6-8-20-9-7-17/h3-4,12H,2,5-10H2,1H3. The molecule has 3 rings (SSSR count). The van der Waals surface area contributed by atoms with Crippen LogP contribution in [-0.4, -0.2) is 66.3 Å². The number of carbonyl (C=O) groups is 1. The maximum Gasteiger partial charge on any atom is 0.257 e. The zero-order valence-electron chi connectivity index (χ0n) is 12.2. The third-order valence-electron chi connectivity index (χ3n) is 3.83. The normalized spacial score (nSPS) is 22.4. The highest BCUT2D eigenvalue weighted by molar-refractivity contribution is 5.73. The predicted molar refractivity (Wildman–Crippen MR) is 76.4 cm³/mol. The molecule has 1 aromatic rings. The van der Waals surface area contributed by atoms with E-state index in [0.29, 0.717) is 25.6 Å². The minimum atomic E-state index is -0.00890. The lowest BCUT2D eigenvalue weighted by Crippen LogP contribution is -2.37. The van der Waals surface area contributed by atoms with E-state index in [4.69, 9.17) is 9.47 Å². The van der Waals surface area contributed by atoms with Crippen molar-refractivity contribution in [3.05, 3.63) is 12.4 Å². The van der Waals surface area contributed by atoms with Crippen molar-refractivity contribution < 1.29 is 14.3 Å². The van der Waals surface area contributed by atoms with Gasteiger partial charge >= 0.3 is 0 Å². The molecule has 2 aliphatic heterocycles. The van der Waals surface area contributed by atoms with Crippen LogP contribution in [0.4, 0.5) is 5.82 Å². The first kappa shape index (κ1) is 14.1. The SMILES string of the molecule is CC(=O)N1CCC(Oc2nccnc2N2CCOCC2)C1. The Kier molecular flexibility index (Phi) is 4.19. The molecule has 0 N–H and O–H groups in total. The zero-order chi connectivity index (χ0) is 14.7. The van der Waals surface area contributed by atoms with E-state index in [2.05, 4.69) is 14.9 Å². The van der Waals surface area contributed by atoms with Gasteiger partial charge in [-0.25, -0.2) is 9.97 Å². The highest BCUT2D eigenvalue weighted by Crippen LogP contribution is 2.26. The highest BCUT2D eigenvalue weighted by atomic mass is 16.5. The van der Waals surface area contributed by atoms with E-state index in [1.165, 1.54) is 0 Å². The Morgan fingerprint density at radius 3 is 2.76 bits per heavy atom. The van der Waals surface area contributed by atoms with Gasteiger partial charge in [-0.2, -0.15) is 0 Å². The van der Waals surface area contributed by atoms with Crippen molar-refractivity contribution in [3.63, 3.8) is 0 Å². The minimum Gasteiger partial charge on any atom is -0.470 e. The summed E-state index contributed by atoms with van der Waals surface area (Å²) in [6.07, 6.45) is 4.13. The fourth-order valence-electron chi connectivity index (χ4n) is 2.66. The molecule has 7 nitrogen and oxygen atoms in total. The molecule has 2 saturated heterocycles. The van der Waals surface area contributed by atoms with Gasteiger partial charge in [0.15, 0.2) is 5.82 Å². The van der Waals surface area contributed by atoms with Crippen molar-refractivity contribution in [1.29, 1.82) is 0 Å². The number of morpholine rings is 1. The second-order valence-electron chi connectivity index (χ2n) is 5.28. The smallest absolute Gasteiger partial charge is 0.257 e. The van der Waals surface area contributed by atoms with E-state index < -0.39 is 0 Å². The molecule has 0 radical (unpaired) electrons. The Labute approximate surface area is 123 Å². The number of ether oxygens (including phenoxy) is 2. The third-order valence-corrected chi connectivity index (χ3v) is 3.83. The quantitative estimate of drug-likeness (QED) is 0.799. The second kappa shape index (κ2) is 6.26. The average molecular weight is 292 g/mol. The first-order valence-corrected chi connectivity index (χ1v) is 7.30. The first-order chi connectivity index (χ1) is 10.2.